The highest BCUT2D eigenvalue weighted by atomic mass is 79.9. The molecule has 6 heteroatoms. The number of carbonyl (C=O) groups is 2. The summed E-state index contributed by atoms with van der Waals surface area (Å²) >= 11 is 3.23. The van der Waals surface area contributed by atoms with Crippen molar-refractivity contribution < 1.29 is 14.3 Å². The molecule has 0 bridgehead atoms. The highest BCUT2D eigenvalue weighted by Gasteiger charge is 2.12. The zero-order chi connectivity index (χ0) is 16.9. The molecule has 0 fully saturated rings. The Bertz CT molecular complexity index is 906. The number of aromatic nitrogens is 1. The van der Waals surface area contributed by atoms with Crippen LogP contribution in [0.5, 0.6) is 0 Å². The van der Waals surface area contributed by atoms with Gasteiger partial charge in [-0.2, -0.15) is 0 Å². The number of pyridine rings is 1. The Hall–Kier alpha value is -2.73. The monoisotopic (exact) mass is 384 g/mol. The minimum absolute atomic E-state index is 0.280. The minimum Gasteiger partial charge on any atom is -0.452 e. The second-order valence-corrected chi connectivity index (χ2v) is 5.96. The molecule has 0 aliphatic carbocycles. The third-order valence-electron chi connectivity index (χ3n) is 3.34. The fraction of sp³-hybridized carbons (Fsp3) is 0.0556. The summed E-state index contributed by atoms with van der Waals surface area (Å²) < 4.78 is 5.68. The number of esters is 1. The van der Waals surface area contributed by atoms with Gasteiger partial charge < -0.3 is 10.1 Å². The van der Waals surface area contributed by atoms with E-state index in [-0.39, 0.29) is 12.2 Å². The predicted molar refractivity (Wildman–Crippen MR) is 94.8 cm³/mol. The number of fused-ring (bicyclic) bond motifs is 1. The smallest absolute Gasteiger partial charge is 0.340 e. The van der Waals surface area contributed by atoms with Gasteiger partial charge in [-0.3, -0.25) is 9.78 Å². The molecule has 5 nitrogen and oxygen atoms in total. The molecule has 24 heavy (non-hydrogen) atoms. The minimum atomic E-state index is -0.600. The second kappa shape index (κ2) is 7.23. The Morgan fingerprint density at radius 2 is 1.88 bits per heavy atom. The molecule has 1 amide bonds. The predicted octanol–water partition coefficient (Wildman–Crippen LogP) is 3.79. The number of benzene rings is 2. The first kappa shape index (κ1) is 16.1. The van der Waals surface area contributed by atoms with E-state index in [1.807, 2.05) is 36.4 Å². The maximum atomic E-state index is 12.0. The molecular formula is C18H13BrN2O3. The second-order valence-electron chi connectivity index (χ2n) is 5.04. The van der Waals surface area contributed by atoms with Crippen LogP contribution < -0.4 is 5.32 Å². The Labute approximate surface area is 146 Å². The van der Waals surface area contributed by atoms with E-state index in [1.54, 1.807) is 18.3 Å². The van der Waals surface area contributed by atoms with Crippen molar-refractivity contribution in [3.63, 3.8) is 0 Å². The first-order valence-electron chi connectivity index (χ1n) is 7.19. The van der Waals surface area contributed by atoms with Gasteiger partial charge in [0.1, 0.15) is 0 Å². The van der Waals surface area contributed by atoms with Crippen LogP contribution in [-0.2, 0) is 9.53 Å². The highest BCUT2D eigenvalue weighted by molar-refractivity contribution is 9.10. The van der Waals surface area contributed by atoms with E-state index >= 15 is 0 Å². The molecule has 0 atom stereocenters. The third kappa shape index (κ3) is 3.78. The van der Waals surface area contributed by atoms with Crippen LogP contribution in [0.4, 0.5) is 5.69 Å². The molecule has 0 aliphatic rings. The van der Waals surface area contributed by atoms with Gasteiger partial charge in [0.15, 0.2) is 6.61 Å². The van der Waals surface area contributed by atoms with Crippen LogP contribution in [0.2, 0.25) is 0 Å². The van der Waals surface area contributed by atoms with E-state index in [1.165, 1.54) is 6.20 Å². The van der Waals surface area contributed by atoms with Gasteiger partial charge in [-0.05, 0) is 33.4 Å². The van der Waals surface area contributed by atoms with Crippen molar-refractivity contribution in [3.05, 3.63) is 71.0 Å². The number of hydrogen-bond acceptors (Lipinski definition) is 4. The third-order valence-corrected chi connectivity index (χ3v) is 3.77. The lowest BCUT2D eigenvalue weighted by Gasteiger charge is -2.09. The summed E-state index contributed by atoms with van der Waals surface area (Å²) in [5.74, 6) is -1.00. The Kier molecular flexibility index (Phi) is 4.86. The molecule has 3 aromatic rings. The summed E-state index contributed by atoms with van der Waals surface area (Å²) in [6.45, 7) is -0.367. The summed E-state index contributed by atoms with van der Waals surface area (Å²) in [7, 11) is 0. The number of amides is 1. The summed E-state index contributed by atoms with van der Waals surface area (Å²) in [4.78, 5) is 27.8. The van der Waals surface area contributed by atoms with Crippen molar-refractivity contribution in [3.8, 4) is 0 Å². The number of ether oxygens (including phenoxy) is 1. The average molecular weight is 385 g/mol. The van der Waals surface area contributed by atoms with Crippen molar-refractivity contribution in [2.45, 2.75) is 0 Å². The lowest BCUT2D eigenvalue weighted by molar-refractivity contribution is -0.119. The first-order valence-corrected chi connectivity index (χ1v) is 7.98. The lowest BCUT2D eigenvalue weighted by Crippen LogP contribution is -2.21. The van der Waals surface area contributed by atoms with Crippen LogP contribution in [-0.4, -0.2) is 23.5 Å². The maximum absolute atomic E-state index is 12.0. The average Bonchev–Trinajstić information content (AvgIpc) is 2.60. The van der Waals surface area contributed by atoms with E-state index in [9.17, 15) is 9.59 Å². The molecule has 0 spiro atoms. The van der Waals surface area contributed by atoms with Gasteiger partial charge in [-0.1, -0.05) is 36.4 Å². The molecule has 1 aromatic heterocycles. The molecule has 0 aliphatic heterocycles. The van der Waals surface area contributed by atoms with Crippen molar-refractivity contribution in [1.82, 2.24) is 4.98 Å². The SMILES string of the molecule is O=C(COC(=O)c1cncc(Br)c1)Nc1cccc2ccccc12. The Morgan fingerprint density at radius 3 is 2.71 bits per heavy atom. The number of anilines is 1. The van der Waals surface area contributed by atoms with Gasteiger partial charge in [-0.15, -0.1) is 0 Å². The molecule has 120 valence electrons. The number of hydrogen-bond donors (Lipinski definition) is 1. The first-order chi connectivity index (χ1) is 11.6. The zero-order valence-corrected chi connectivity index (χ0v) is 14.1. The van der Waals surface area contributed by atoms with Crippen molar-refractivity contribution in [2.75, 3.05) is 11.9 Å². The molecule has 1 N–H and O–H groups in total. The van der Waals surface area contributed by atoms with Crippen LogP contribution >= 0.6 is 15.9 Å². The van der Waals surface area contributed by atoms with E-state index in [0.717, 1.165) is 10.8 Å². The highest BCUT2D eigenvalue weighted by Crippen LogP contribution is 2.22. The van der Waals surface area contributed by atoms with E-state index in [0.29, 0.717) is 10.2 Å². The van der Waals surface area contributed by atoms with Crippen molar-refractivity contribution >= 4 is 44.3 Å². The quantitative estimate of drug-likeness (QED) is 0.694. The van der Waals surface area contributed by atoms with Crippen LogP contribution in [0.1, 0.15) is 10.4 Å². The van der Waals surface area contributed by atoms with E-state index in [4.69, 9.17) is 4.74 Å². The maximum Gasteiger partial charge on any atom is 0.340 e. The number of carbonyl (C=O) groups excluding carboxylic acids is 2. The largest absolute Gasteiger partial charge is 0.452 e. The topological polar surface area (TPSA) is 68.3 Å². The van der Waals surface area contributed by atoms with E-state index < -0.39 is 11.9 Å². The fourth-order valence-electron chi connectivity index (χ4n) is 2.26. The van der Waals surface area contributed by atoms with Crippen molar-refractivity contribution in [2.24, 2.45) is 0 Å². The Morgan fingerprint density at radius 1 is 1.08 bits per heavy atom. The molecule has 0 radical (unpaired) electrons. The van der Waals surface area contributed by atoms with Gasteiger partial charge in [0, 0.05) is 27.9 Å². The van der Waals surface area contributed by atoms with Crippen LogP contribution in [0.3, 0.4) is 0 Å². The number of halogens is 1. The standard InChI is InChI=1S/C18H13BrN2O3/c19-14-8-13(9-20-10-14)18(23)24-11-17(22)21-16-7-3-5-12-4-1-2-6-15(12)16/h1-10H,11H2,(H,21,22). The molecule has 3 rings (SSSR count). The van der Waals surface area contributed by atoms with Crippen LogP contribution in [0.25, 0.3) is 10.8 Å². The molecule has 0 unspecified atom stereocenters. The lowest BCUT2D eigenvalue weighted by atomic mass is 10.1. The molecule has 1 heterocycles. The normalized spacial score (nSPS) is 10.4. The summed E-state index contributed by atoms with van der Waals surface area (Å²) in [6.07, 6.45) is 2.94. The molecule has 0 saturated carbocycles. The van der Waals surface area contributed by atoms with Gasteiger partial charge in [0.25, 0.3) is 5.91 Å². The number of nitrogens with zero attached hydrogens (tertiary/aromatic N) is 1. The summed E-state index contributed by atoms with van der Waals surface area (Å²) in [6, 6.07) is 14.9. The number of nitrogens with one attached hydrogen (secondary N) is 1. The molecule has 0 saturated heterocycles. The van der Waals surface area contributed by atoms with E-state index in [2.05, 4.69) is 26.2 Å². The van der Waals surface area contributed by atoms with Crippen molar-refractivity contribution in [1.29, 1.82) is 0 Å². The van der Waals surface area contributed by atoms with Crippen LogP contribution in [0.15, 0.2) is 65.4 Å². The van der Waals surface area contributed by atoms with Gasteiger partial charge in [-0.25, -0.2) is 4.79 Å². The fourth-order valence-corrected chi connectivity index (χ4v) is 2.62. The summed E-state index contributed by atoms with van der Waals surface area (Å²) in [5, 5.41) is 4.71. The van der Waals surface area contributed by atoms with Crippen LogP contribution in [0, 0.1) is 0 Å². The zero-order valence-electron chi connectivity index (χ0n) is 12.5. The van der Waals surface area contributed by atoms with Gasteiger partial charge in [0.05, 0.1) is 5.56 Å². The van der Waals surface area contributed by atoms with Gasteiger partial charge in [0.2, 0.25) is 0 Å². The number of rotatable bonds is 4. The Balaban J connectivity index is 1.64. The van der Waals surface area contributed by atoms with Gasteiger partial charge >= 0.3 is 5.97 Å². The molecular weight excluding hydrogens is 372 g/mol. The summed E-state index contributed by atoms with van der Waals surface area (Å²) in [5.41, 5.74) is 0.959. The molecule has 2 aromatic carbocycles.